The summed E-state index contributed by atoms with van der Waals surface area (Å²) in [5.41, 5.74) is 1.10. The summed E-state index contributed by atoms with van der Waals surface area (Å²) in [5.74, 6) is 0.274. The van der Waals surface area contributed by atoms with Gasteiger partial charge in [0.2, 0.25) is 5.91 Å². The first-order chi connectivity index (χ1) is 9.75. The van der Waals surface area contributed by atoms with Crippen molar-refractivity contribution in [3.8, 4) is 0 Å². The lowest BCUT2D eigenvalue weighted by molar-refractivity contribution is -0.132. The Morgan fingerprint density at radius 2 is 2.15 bits per heavy atom. The minimum atomic E-state index is 0.274. The van der Waals surface area contributed by atoms with Gasteiger partial charge in [-0.3, -0.25) is 9.78 Å². The fourth-order valence-electron chi connectivity index (χ4n) is 2.32. The van der Waals surface area contributed by atoms with E-state index in [9.17, 15) is 4.79 Å². The second kappa shape index (κ2) is 7.97. The molecule has 110 valence electrons. The quantitative estimate of drug-likeness (QED) is 0.816. The molecule has 0 radical (unpaired) electrons. The number of rotatable bonds is 6. The summed E-state index contributed by atoms with van der Waals surface area (Å²) in [4.78, 5) is 20.5. The van der Waals surface area contributed by atoms with Crippen molar-refractivity contribution in [2.24, 2.45) is 0 Å². The Morgan fingerprint density at radius 3 is 2.85 bits per heavy atom. The molecule has 5 nitrogen and oxygen atoms in total. The maximum absolute atomic E-state index is 12.0. The third-order valence-corrected chi connectivity index (χ3v) is 3.65. The van der Waals surface area contributed by atoms with E-state index in [1.54, 1.807) is 0 Å². The average molecular weight is 276 g/mol. The molecule has 2 heterocycles. The highest BCUT2D eigenvalue weighted by Gasteiger charge is 2.16. The molecule has 0 unspecified atom stereocenters. The molecule has 1 aliphatic heterocycles. The number of carbonyl (C=O) groups is 1. The Labute approximate surface area is 121 Å². The zero-order chi connectivity index (χ0) is 14.2. The number of piperazine rings is 1. The lowest BCUT2D eigenvalue weighted by Crippen LogP contribution is -2.47. The summed E-state index contributed by atoms with van der Waals surface area (Å²) in [6.07, 6.45) is 3.36. The molecule has 1 aromatic rings. The van der Waals surface area contributed by atoms with E-state index in [4.69, 9.17) is 0 Å². The van der Waals surface area contributed by atoms with Crippen molar-refractivity contribution < 1.29 is 4.79 Å². The van der Waals surface area contributed by atoms with E-state index in [1.165, 1.54) is 0 Å². The standard InChI is InChI=1S/C15H24N4O/c1-18(10-5-14-4-2-3-7-17-14)11-6-15(20)19-12-8-16-9-13-19/h2-4,7,16H,5-6,8-13H2,1H3. The number of likely N-dealkylation sites (N-methyl/N-ethyl adjacent to an activating group) is 1. The molecule has 1 aliphatic rings. The van der Waals surface area contributed by atoms with Gasteiger partial charge in [0.05, 0.1) is 0 Å². The van der Waals surface area contributed by atoms with Gasteiger partial charge in [-0.05, 0) is 19.2 Å². The van der Waals surface area contributed by atoms with Crippen LogP contribution in [0, 0.1) is 0 Å². The van der Waals surface area contributed by atoms with Crippen LogP contribution in [0.2, 0.25) is 0 Å². The molecule has 0 bridgehead atoms. The van der Waals surface area contributed by atoms with Crippen molar-refractivity contribution in [3.05, 3.63) is 30.1 Å². The van der Waals surface area contributed by atoms with Crippen LogP contribution in [-0.2, 0) is 11.2 Å². The zero-order valence-electron chi connectivity index (χ0n) is 12.2. The van der Waals surface area contributed by atoms with Crippen molar-refractivity contribution in [1.82, 2.24) is 20.1 Å². The van der Waals surface area contributed by atoms with E-state index in [-0.39, 0.29) is 5.91 Å². The molecular formula is C15H24N4O. The van der Waals surface area contributed by atoms with Gasteiger partial charge in [-0.1, -0.05) is 6.07 Å². The van der Waals surface area contributed by atoms with Crippen LogP contribution in [0.25, 0.3) is 0 Å². The fraction of sp³-hybridized carbons (Fsp3) is 0.600. The molecule has 1 fully saturated rings. The van der Waals surface area contributed by atoms with Crippen LogP contribution in [0.15, 0.2) is 24.4 Å². The monoisotopic (exact) mass is 276 g/mol. The molecule has 0 saturated carbocycles. The summed E-state index contributed by atoms with van der Waals surface area (Å²) in [6, 6.07) is 5.98. The molecule has 1 N–H and O–H groups in total. The highest BCUT2D eigenvalue weighted by atomic mass is 16.2. The number of amides is 1. The molecule has 0 spiro atoms. The van der Waals surface area contributed by atoms with Crippen LogP contribution < -0.4 is 5.32 Å². The number of hydrogen-bond donors (Lipinski definition) is 1. The maximum Gasteiger partial charge on any atom is 0.223 e. The highest BCUT2D eigenvalue weighted by Crippen LogP contribution is 2.00. The molecule has 0 aliphatic carbocycles. The van der Waals surface area contributed by atoms with Gasteiger partial charge in [-0.2, -0.15) is 0 Å². The van der Waals surface area contributed by atoms with Gasteiger partial charge in [-0.15, -0.1) is 0 Å². The Kier molecular flexibility index (Phi) is 5.95. The number of pyridine rings is 1. The predicted molar refractivity (Wildman–Crippen MR) is 79.5 cm³/mol. The molecule has 20 heavy (non-hydrogen) atoms. The second-order valence-corrected chi connectivity index (χ2v) is 5.26. The zero-order valence-corrected chi connectivity index (χ0v) is 12.2. The molecule has 5 heteroatoms. The molecule has 0 aromatic carbocycles. The Hall–Kier alpha value is -1.46. The number of aromatic nitrogens is 1. The van der Waals surface area contributed by atoms with Gasteiger partial charge in [0.1, 0.15) is 0 Å². The first-order valence-electron chi connectivity index (χ1n) is 7.32. The largest absolute Gasteiger partial charge is 0.340 e. The smallest absolute Gasteiger partial charge is 0.223 e. The van der Waals surface area contributed by atoms with Gasteiger partial charge in [0.15, 0.2) is 0 Å². The third-order valence-electron chi connectivity index (χ3n) is 3.65. The van der Waals surface area contributed by atoms with E-state index < -0.39 is 0 Å². The van der Waals surface area contributed by atoms with Gasteiger partial charge in [-0.25, -0.2) is 0 Å². The number of hydrogen-bond acceptors (Lipinski definition) is 4. The predicted octanol–water partition coefficient (Wildman–Crippen LogP) is 0.378. The maximum atomic E-state index is 12.0. The van der Waals surface area contributed by atoms with Gasteiger partial charge in [0, 0.05) is 64.0 Å². The first kappa shape index (κ1) is 14.9. The third kappa shape index (κ3) is 4.90. The highest BCUT2D eigenvalue weighted by molar-refractivity contribution is 5.76. The van der Waals surface area contributed by atoms with Crippen molar-refractivity contribution in [1.29, 1.82) is 0 Å². The van der Waals surface area contributed by atoms with E-state index >= 15 is 0 Å². The van der Waals surface area contributed by atoms with E-state index in [2.05, 4.69) is 22.2 Å². The summed E-state index contributed by atoms with van der Waals surface area (Å²) in [5, 5.41) is 3.26. The van der Waals surface area contributed by atoms with E-state index in [0.29, 0.717) is 6.42 Å². The second-order valence-electron chi connectivity index (χ2n) is 5.26. The molecule has 0 atom stereocenters. The lowest BCUT2D eigenvalue weighted by Gasteiger charge is -2.28. The van der Waals surface area contributed by atoms with Crippen molar-refractivity contribution >= 4 is 5.91 Å². The fourth-order valence-corrected chi connectivity index (χ4v) is 2.32. The Morgan fingerprint density at radius 1 is 1.35 bits per heavy atom. The molecule has 1 aromatic heterocycles. The minimum Gasteiger partial charge on any atom is -0.340 e. The Bertz CT molecular complexity index is 404. The van der Waals surface area contributed by atoms with Crippen LogP contribution >= 0.6 is 0 Å². The van der Waals surface area contributed by atoms with Gasteiger partial charge in [0.25, 0.3) is 0 Å². The van der Waals surface area contributed by atoms with Crippen molar-refractivity contribution in [2.75, 3.05) is 46.3 Å². The molecule has 1 saturated heterocycles. The number of nitrogens with one attached hydrogen (secondary N) is 1. The molecular weight excluding hydrogens is 252 g/mol. The Balaban J connectivity index is 1.64. The summed E-state index contributed by atoms with van der Waals surface area (Å²) in [6.45, 7) is 5.27. The first-order valence-corrected chi connectivity index (χ1v) is 7.32. The van der Waals surface area contributed by atoms with Crippen LogP contribution in [0.5, 0.6) is 0 Å². The molecule has 1 amide bonds. The van der Waals surface area contributed by atoms with Gasteiger partial charge >= 0.3 is 0 Å². The average Bonchev–Trinajstić information content (AvgIpc) is 2.52. The van der Waals surface area contributed by atoms with E-state index in [0.717, 1.165) is 51.4 Å². The van der Waals surface area contributed by atoms with Crippen molar-refractivity contribution in [3.63, 3.8) is 0 Å². The summed E-state index contributed by atoms with van der Waals surface area (Å²) < 4.78 is 0. The van der Waals surface area contributed by atoms with E-state index in [1.807, 2.05) is 29.3 Å². The minimum absolute atomic E-state index is 0.274. The number of nitrogens with zero attached hydrogens (tertiary/aromatic N) is 3. The SMILES string of the molecule is CN(CCC(=O)N1CCNCC1)CCc1ccccn1. The van der Waals surface area contributed by atoms with Crippen LogP contribution in [0.4, 0.5) is 0 Å². The van der Waals surface area contributed by atoms with Gasteiger partial charge < -0.3 is 15.1 Å². The summed E-state index contributed by atoms with van der Waals surface area (Å²) >= 11 is 0. The number of carbonyl (C=O) groups excluding carboxylic acids is 1. The topological polar surface area (TPSA) is 48.5 Å². The van der Waals surface area contributed by atoms with Crippen LogP contribution in [-0.4, -0.2) is 67.0 Å². The van der Waals surface area contributed by atoms with Crippen LogP contribution in [0.3, 0.4) is 0 Å². The molecule has 2 rings (SSSR count). The van der Waals surface area contributed by atoms with Crippen LogP contribution in [0.1, 0.15) is 12.1 Å². The summed E-state index contributed by atoms with van der Waals surface area (Å²) in [7, 11) is 2.06. The van der Waals surface area contributed by atoms with Crippen molar-refractivity contribution in [2.45, 2.75) is 12.8 Å². The lowest BCUT2D eigenvalue weighted by atomic mass is 10.2. The normalized spacial score (nSPS) is 15.6.